The van der Waals surface area contributed by atoms with Gasteiger partial charge in [0.15, 0.2) is 8.32 Å². The maximum absolute atomic E-state index is 13.9. The van der Waals surface area contributed by atoms with Gasteiger partial charge in [-0.05, 0) is 36.7 Å². The van der Waals surface area contributed by atoms with Crippen molar-refractivity contribution in [2.24, 2.45) is 11.1 Å². The number of rotatable bonds is 5. The molecule has 2 heterocycles. The molecule has 0 spiro atoms. The van der Waals surface area contributed by atoms with Gasteiger partial charge in [-0.2, -0.15) is 4.39 Å². The number of pyridine rings is 1. The number of halogens is 1. The lowest BCUT2D eigenvalue weighted by Gasteiger charge is -2.37. The Balaban J connectivity index is 1.95. The van der Waals surface area contributed by atoms with Gasteiger partial charge in [-0.1, -0.05) is 25.9 Å². The van der Waals surface area contributed by atoms with Crippen LogP contribution in [0.5, 0.6) is 0 Å². The summed E-state index contributed by atoms with van der Waals surface area (Å²) in [5, 5.41) is 11.5. The molecule has 5 nitrogen and oxygen atoms in total. The highest BCUT2D eigenvalue weighted by molar-refractivity contribution is 6.74. The zero-order valence-corrected chi connectivity index (χ0v) is 16.2. The van der Waals surface area contributed by atoms with Crippen molar-refractivity contribution in [3.05, 3.63) is 23.6 Å². The largest absolute Gasteiger partial charge is 0.416 e. The molecule has 0 aromatic carbocycles. The Morgan fingerprint density at radius 3 is 2.75 bits per heavy atom. The minimum Gasteiger partial charge on any atom is -0.416 e. The summed E-state index contributed by atoms with van der Waals surface area (Å²) in [7, 11) is -1.73. The lowest BCUT2D eigenvalue weighted by Crippen LogP contribution is -2.42. The highest BCUT2D eigenvalue weighted by Gasteiger charge is 2.38. The van der Waals surface area contributed by atoms with Gasteiger partial charge in [0.1, 0.15) is 5.82 Å². The summed E-state index contributed by atoms with van der Waals surface area (Å²) in [5.41, 5.74) is 0.179. The molecule has 0 bridgehead atoms. The third-order valence-electron chi connectivity index (χ3n) is 5.16. The Labute approximate surface area is 144 Å². The Bertz CT molecular complexity index is 602. The van der Waals surface area contributed by atoms with Crippen LogP contribution in [0.1, 0.15) is 32.8 Å². The maximum Gasteiger partial charge on any atom is 0.223 e. The second-order valence-electron chi connectivity index (χ2n) is 7.97. The zero-order valence-electron chi connectivity index (χ0n) is 15.2. The summed E-state index contributed by atoms with van der Waals surface area (Å²) in [6, 6.07) is 3.34. The van der Waals surface area contributed by atoms with E-state index in [9.17, 15) is 4.39 Å². The first-order valence-electron chi connectivity index (χ1n) is 8.37. The molecule has 1 aliphatic rings. The molecule has 134 valence electrons. The van der Waals surface area contributed by atoms with Crippen molar-refractivity contribution >= 4 is 20.3 Å². The van der Waals surface area contributed by atoms with Crippen LogP contribution < -0.4 is 4.90 Å². The summed E-state index contributed by atoms with van der Waals surface area (Å²) in [6.07, 6.45) is 2.07. The van der Waals surface area contributed by atoms with Gasteiger partial charge in [-0.15, -0.1) is 0 Å². The van der Waals surface area contributed by atoms with Gasteiger partial charge in [0.25, 0.3) is 0 Å². The molecule has 2 rings (SSSR count). The molecule has 7 heteroatoms. The van der Waals surface area contributed by atoms with E-state index in [0.717, 1.165) is 32.3 Å². The molecule has 24 heavy (non-hydrogen) atoms. The van der Waals surface area contributed by atoms with Gasteiger partial charge in [0, 0.05) is 25.6 Å². The van der Waals surface area contributed by atoms with Crippen LogP contribution in [0.15, 0.2) is 17.3 Å². The highest BCUT2D eigenvalue weighted by Crippen LogP contribution is 2.37. The van der Waals surface area contributed by atoms with E-state index in [2.05, 4.69) is 48.9 Å². The van der Waals surface area contributed by atoms with Crippen molar-refractivity contribution in [3.8, 4) is 0 Å². The number of aromatic nitrogens is 1. The normalized spacial score (nSPS) is 19.4. The van der Waals surface area contributed by atoms with Crippen molar-refractivity contribution in [1.82, 2.24) is 4.98 Å². The summed E-state index contributed by atoms with van der Waals surface area (Å²) < 4.78 is 20.2. The molecular weight excluding hydrogens is 325 g/mol. The van der Waals surface area contributed by atoms with E-state index in [1.165, 1.54) is 0 Å². The average Bonchev–Trinajstić information content (AvgIpc) is 2.95. The maximum atomic E-state index is 13.9. The van der Waals surface area contributed by atoms with Gasteiger partial charge >= 0.3 is 0 Å². The molecular formula is C17H28FN3O2Si. The number of anilines is 1. The number of hydrogen-bond acceptors (Lipinski definition) is 5. The van der Waals surface area contributed by atoms with Crippen molar-refractivity contribution in [2.45, 2.75) is 45.3 Å². The molecule has 1 aliphatic heterocycles. The molecule has 0 aliphatic carbocycles. The first kappa shape index (κ1) is 18.9. The van der Waals surface area contributed by atoms with Crippen LogP contribution in [0.4, 0.5) is 10.2 Å². The summed E-state index contributed by atoms with van der Waals surface area (Å²) >= 11 is 0. The quantitative estimate of drug-likeness (QED) is 0.287. The molecule has 1 aromatic heterocycles. The summed E-state index contributed by atoms with van der Waals surface area (Å²) in [6.45, 7) is 13.7. The lowest BCUT2D eigenvalue weighted by molar-refractivity contribution is 0.238. The lowest BCUT2D eigenvalue weighted by atomic mass is 10.1. The first-order valence-corrected chi connectivity index (χ1v) is 11.3. The Morgan fingerprint density at radius 2 is 2.17 bits per heavy atom. The topological polar surface area (TPSA) is 58.0 Å². The first-order chi connectivity index (χ1) is 11.1. The summed E-state index contributed by atoms with van der Waals surface area (Å²) in [5.74, 6) is 0.450. The van der Waals surface area contributed by atoms with Crippen molar-refractivity contribution in [3.63, 3.8) is 0 Å². The predicted molar refractivity (Wildman–Crippen MR) is 97.0 cm³/mol. The number of oxime groups is 1. The molecule has 1 saturated heterocycles. The fourth-order valence-electron chi connectivity index (χ4n) is 2.49. The van der Waals surface area contributed by atoms with E-state index in [0.29, 0.717) is 11.7 Å². The predicted octanol–water partition coefficient (Wildman–Crippen LogP) is 3.88. The van der Waals surface area contributed by atoms with Crippen LogP contribution in [0.2, 0.25) is 18.1 Å². The third kappa shape index (κ3) is 4.33. The molecule has 0 radical (unpaired) electrons. The molecule has 1 fully saturated rings. The Kier molecular flexibility index (Phi) is 5.65. The Hall–Kier alpha value is -1.47. The van der Waals surface area contributed by atoms with Crippen LogP contribution in [0, 0.1) is 11.9 Å². The standard InChI is InChI=1S/C17H28FN3O2Si/c1-17(2,3)24(4,5)23-12-13-8-9-21(11-13)15-7-6-14(10-19-22)16(18)20-15/h6-7,10,13,22H,8-9,11-12H2,1-5H3. The average molecular weight is 354 g/mol. The van der Waals surface area contributed by atoms with Gasteiger partial charge in [0.2, 0.25) is 5.95 Å². The molecule has 1 unspecified atom stereocenters. The van der Waals surface area contributed by atoms with E-state index in [1.807, 2.05) is 0 Å². The van der Waals surface area contributed by atoms with Crippen molar-refractivity contribution in [1.29, 1.82) is 0 Å². The molecule has 1 N–H and O–H groups in total. The van der Waals surface area contributed by atoms with Gasteiger partial charge in [-0.3, -0.25) is 0 Å². The SMILES string of the molecule is CC(C)(C)[Si](C)(C)OCC1CCN(c2ccc(C=NO)c(F)n2)C1. The minimum absolute atomic E-state index is 0.179. The second-order valence-corrected chi connectivity index (χ2v) is 12.8. The van der Waals surface area contributed by atoms with Gasteiger partial charge in [0.05, 0.1) is 11.8 Å². The minimum atomic E-state index is -1.73. The Morgan fingerprint density at radius 1 is 1.46 bits per heavy atom. The third-order valence-corrected chi connectivity index (χ3v) is 9.66. The van der Waals surface area contributed by atoms with Crippen LogP contribution in [0.3, 0.4) is 0 Å². The molecule has 1 aromatic rings. The van der Waals surface area contributed by atoms with E-state index in [-0.39, 0.29) is 10.6 Å². The molecule has 0 amide bonds. The van der Waals surface area contributed by atoms with Crippen LogP contribution in [0.25, 0.3) is 0 Å². The van der Waals surface area contributed by atoms with Crippen molar-refractivity contribution in [2.75, 3.05) is 24.6 Å². The zero-order chi connectivity index (χ0) is 18.0. The van der Waals surface area contributed by atoms with Crippen molar-refractivity contribution < 1.29 is 14.0 Å². The van der Waals surface area contributed by atoms with Gasteiger partial charge < -0.3 is 14.5 Å². The smallest absolute Gasteiger partial charge is 0.223 e. The summed E-state index contributed by atoms with van der Waals surface area (Å²) in [4.78, 5) is 6.07. The fraction of sp³-hybridized carbons (Fsp3) is 0.647. The van der Waals surface area contributed by atoms with Crippen LogP contribution in [-0.4, -0.2) is 44.4 Å². The van der Waals surface area contributed by atoms with Gasteiger partial charge in [-0.25, -0.2) is 4.98 Å². The molecule has 0 saturated carbocycles. The molecule has 1 atom stereocenters. The van der Waals surface area contributed by atoms with E-state index < -0.39 is 14.3 Å². The van der Waals surface area contributed by atoms with E-state index >= 15 is 0 Å². The van der Waals surface area contributed by atoms with Crippen LogP contribution >= 0.6 is 0 Å². The number of hydrogen-bond donors (Lipinski definition) is 1. The fourth-order valence-corrected chi connectivity index (χ4v) is 3.57. The van der Waals surface area contributed by atoms with E-state index in [4.69, 9.17) is 9.63 Å². The monoisotopic (exact) mass is 353 g/mol. The highest BCUT2D eigenvalue weighted by atomic mass is 28.4. The second kappa shape index (κ2) is 7.19. The number of nitrogens with zero attached hydrogens (tertiary/aromatic N) is 3. The van der Waals surface area contributed by atoms with E-state index in [1.54, 1.807) is 12.1 Å². The van der Waals surface area contributed by atoms with Crippen LogP contribution in [-0.2, 0) is 4.43 Å².